The minimum absolute atomic E-state index is 0.0229. The summed E-state index contributed by atoms with van der Waals surface area (Å²) < 4.78 is 27.1. The van der Waals surface area contributed by atoms with Gasteiger partial charge in [0.05, 0.1) is 10.6 Å². The van der Waals surface area contributed by atoms with Gasteiger partial charge in [0.25, 0.3) is 15.9 Å². The first-order valence-corrected chi connectivity index (χ1v) is 13.1. The standard InChI is InChI=1S/C25H28N2O3S2/c1-19(9-10-20-7-5-4-6-8-20)26-25(28)21-11-13-22(14-12-21)27(2)32(29,30)24-17-15-23(31-3)16-18-24/h4-8,11-19H,9-10H2,1-3H3,(H,26,28). The molecule has 0 heterocycles. The Balaban J connectivity index is 1.62. The van der Waals surface area contributed by atoms with Crippen molar-refractivity contribution in [3.63, 3.8) is 0 Å². The van der Waals surface area contributed by atoms with Gasteiger partial charge in [-0.15, -0.1) is 11.8 Å². The van der Waals surface area contributed by atoms with Gasteiger partial charge in [-0.25, -0.2) is 8.42 Å². The molecule has 5 nitrogen and oxygen atoms in total. The van der Waals surface area contributed by atoms with Crippen molar-refractivity contribution in [2.45, 2.75) is 35.6 Å². The van der Waals surface area contributed by atoms with Crippen molar-refractivity contribution in [1.82, 2.24) is 5.32 Å². The van der Waals surface area contributed by atoms with Gasteiger partial charge < -0.3 is 5.32 Å². The Bertz CT molecular complexity index is 1130. The Hall–Kier alpha value is -2.77. The summed E-state index contributed by atoms with van der Waals surface area (Å²) in [6.45, 7) is 1.98. The van der Waals surface area contributed by atoms with Gasteiger partial charge in [0, 0.05) is 23.5 Å². The highest BCUT2D eigenvalue weighted by Crippen LogP contribution is 2.24. The quantitative estimate of drug-likeness (QED) is 0.450. The van der Waals surface area contributed by atoms with Crippen LogP contribution in [0.15, 0.2) is 88.7 Å². The molecule has 1 N–H and O–H groups in total. The second-order valence-electron chi connectivity index (χ2n) is 7.59. The Morgan fingerprint density at radius 2 is 1.59 bits per heavy atom. The van der Waals surface area contributed by atoms with Crippen molar-refractivity contribution >= 4 is 33.4 Å². The van der Waals surface area contributed by atoms with E-state index < -0.39 is 10.0 Å². The molecular weight excluding hydrogens is 440 g/mol. The molecule has 1 atom stereocenters. The number of thioether (sulfide) groups is 1. The number of sulfonamides is 1. The van der Waals surface area contributed by atoms with Gasteiger partial charge in [0.15, 0.2) is 0 Å². The fourth-order valence-electron chi connectivity index (χ4n) is 3.27. The second kappa shape index (κ2) is 10.7. The molecule has 0 aliphatic carbocycles. The highest BCUT2D eigenvalue weighted by molar-refractivity contribution is 7.98. The highest BCUT2D eigenvalue weighted by Gasteiger charge is 2.21. The summed E-state index contributed by atoms with van der Waals surface area (Å²) in [6, 6.07) is 23.6. The summed E-state index contributed by atoms with van der Waals surface area (Å²) in [5.41, 5.74) is 2.23. The number of hydrogen-bond donors (Lipinski definition) is 1. The molecule has 0 aliphatic rings. The minimum atomic E-state index is -3.68. The molecule has 0 aromatic heterocycles. The van der Waals surface area contributed by atoms with E-state index in [0.29, 0.717) is 11.3 Å². The van der Waals surface area contributed by atoms with Gasteiger partial charge >= 0.3 is 0 Å². The van der Waals surface area contributed by atoms with Crippen LogP contribution >= 0.6 is 11.8 Å². The molecule has 3 rings (SSSR count). The first kappa shape index (κ1) is 23.9. The van der Waals surface area contributed by atoms with Crippen LogP contribution in [-0.4, -0.2) is 33.7 Å². The molecule has 32 heavy (non-hydrogen) atoms. The van der Waals surface area contributed by atoms with Crippen LogP contribution in [0.3, 0.4) is 0 Å². The van der Waals surface area contributed by atoms with Crippen LogP contribution in [0, 0.1) is 0 Å². The zero-order valence-electron chi connectivity index (χ0n) is 18.5. The van der Waals surface area contributed by atoms with E-state index in [1.807, 2.05) is 31.4 Å². The van der Waals surface area contributed by atoms with Gasteiger partial charge in [0.1, 0.15) is 0 Å². The van der Waals surface area contributed by atoms with Crippen molar-refractivity contribution in [2.24, 2.45) is 0 Å². The Morgan fingerprint density at radius 3 is 2.19 bits per heavy atom. The smallest absolute Gasteiger partial charge is 0.264 e. The molecule has 7 heteroatoms. The topological polar surface area (TPSA) is 66.5 Å². The lowest BCUT2D eigenvalue weighted by atomic mass is 10.1. The van der Waals surface area contributed by atoms with E-state index in [1.165, 1.54) is 16.9 Å². The number of carbonyl (C=O) groups is 1. The third kappa shape index (κ3) is 5.93. The zero-order chi connectivity index (χ0) is 23.1. The SMILES string of the molecule is CSc1ccc(S(=O)(=O)N(C)c2ccc(C(=O)NC(C)CCc3ccccc3)cc2)cc1. The third-order valence-electron chi connectivity index (χ3n) is 5.30. The van der Waals surface area contributed by atoms with E-state index >= 15 is 0 Å². The Labute approximate surface area is 194 Å². The maximum absolute atomic E-state index is 12.9. The molecule has 0 bridgehead atoms. The van der Waals surface area contributed by atoms with E-state index in [9.17, 15) is 13.2 Å². The van der Waals surface area contributed by atoms with Crippen LogP contribution < -0.4 is 9.62 Å². The summed E-state index contributed by atoms with van der Waals surface area (Å²) in [5, 5.41) is 3.01. The number of benzene rings is 3. The average Bonchev–Trinajstić information content (AvgIpc) is 2.83. The van der Waals surface area contributed by atoms with Gasteiger partial charge in [-0.3, -0.25) is 9.10 Å². The van der Waals surface area contributed by atoms with Crippen LogP contribution in [0.1, 0.15) is 29.3 Å². The molecule has 1 amide bonds. The van der Waals surface area contributed by atoms with Crippen LogP contribution in [0.5, 0.6) is 0 Å². The molecule has 0 saturated carbocycles. The molecule has 3 aromatic carbocycles. The summed E-state index contributed by atoms with van der Waals surface area (Å²) in [7, 11) is -2.17. The van der Waals surface area contributed by atoms with E-state index in [4.69, 9.17) is 0 Å². The number of nitrogens with zero attached hydrogens (tertiary/aromatic N) is 1. The summed E-state index contributed by atoms with van der Waals surface area (Å²) in [6.07, 6.45) is 3.67. The predicted octanol–water partition coefficient (Wildman–Crippen LogP) is 4.98. The number of hydrogen-bond acceptors (Lipinski definition) is 4. The van der Waals surface area contributed by atoms with Crippen molar-refractivity contribution < 1.29 is 13.2 Å². The normalized spacial score (nSPS) is 12.2. The summed E-state index contributed by atoms with van der Waals surface area (Å²) in [4.78, 5) is 13.8. The fourth-order valence-corrected chi connectivity index (χ4v) is 4.88. The Morgan fingerprint density at radius 1 is 0.969 bits per heavy atom. The summed E-state index contributed by atoms with van der Waals surface area (Å²) in [5.74, 6) is -0.171. The molecule has 0 saturated heterocycles. The lowest BCUT2D eigenvalue weighted by Gasteiger charge is -2.20. The molecule has 0 fully saturated rings. The van der Waals surface area contributed by atoms with Crippen molar-refractivity contribution in [3.05, 3.63) is 90.0 Å². The van der Waals surface area contributed by atoms with Gasteiger partial charge in [-0.1, -0.05) is 30.3 Å². The van der Waals surface area contributed by atoms with E-state index in [2.05, 4.69) is 17.4 Å². The number of anilines is 1. The maximum Gasteiger partial charge on any atom is 0.264 e. The van der Waals surface area contributed by atoms with Crippen LogP contribution in [0.2, 0.25) is 0 Å². The van der Waals surface area contributed by atoms with Crippen LogP contribution in [0.4, 0.5) is 5.69 Å². The number of amides is 1. The maximum atomic E-state index is 12.9. The van der Waals surface area contributed by atoms with E-state index in [-0.39, 0.29) is 16.8 Å². The van der Waals surface area contributed by atoms with Crippen molar-refractivity contribution in [1.29, 1.82) is 0 Å². The van der Waals surface area contributed by atoms with Crippen LogP contribution in [0.25, 0.3) is 0 Å². The summed E-state index contributed by atoms with van der Waals surface area (Å²) >= 11 is 1.56. The van der Waals surface area contributed by atoms with Crippen molar-refractivity contribution in [3.8, 4) is 0 Å². The molecule has 1 unspecified atom stereocenters. The average molecular weight is 469 g/mol. The molecule has 0 radical (unpaired) electrons. The monoisotopic (exact) mass is 468 g/mol. The fraction of sp³-hybridized carbons (Fsp3) is 0.240. The minimum Gasteiger partial charge on any atom is -0.350 e. The molecule has 3 aromatic rings. The van der Waals surface area contributed by atoms with Gasteiger partial charge in [-0.2, -0.15) is 0 Å². The highest BCUT2D eigenvalue weighted by atomic mass is 32.2. The van der Waals surface area contributed by atoms with Crippen molar-refractivity contribution in [2.75, 3.05) is 17.6 Å². The molecule has 168 valence electrons. The van der Waals surface area contributed by atoms with Gasteiger partial charge in [-0.05, 0) is 80.1 Å². The molecular formula is C25H28N2O3S2. The number of nitrogens with one attached hydrogen (secondary N) is 1. The van der Waals surface area contributed by atoms with Crippen LogP contribution in [-0.2, 0) is 16.4 Å². The second-order valence-corrected chi connectivity index (χ2v) is 10.4. The van der Waals surface area contributed by atoms with E-state index in [1.54, 1.807) is 60.3 Å². The number of aryl methyl sites for hydroxylation is 1. The first-order chi connectivity index (χ1) is 15.3. The van der Waals surface area contributed by atoms with Gasteiger partial charge in [0.2, 0.25) is 0 Å². The third-order valence-corrected chi connectivity index (χ3v) is 7.84. The predicted molar refractivity (Wildman–Crippen MR) is 132 cm³/mol. The molecule has 0 spiro atoms. The lowest BCUT2D eigenvalue weighted by Crippen LogP contribution is -2.33. The lowest BCUT2D eigenvalue weighted by molar-refractivity contribution is 0.0938. The molecule has 0 aliphatic heterocycles. The Kier molecular flexibility index (Phi) is 7.99. The largest absolute Gasteiger partial charge is 0.350 e. The number of carbonyl (C=O) groups excluding carboxylic acids is 1. The van der Waals surface area contributed by atoms with E-state index in [0.717, 1.165) is 17.7 Å². The first-order valence-electron chi connectivity index (χ1n) is 10.4. The number of rotatable bonds is 9. The zero-order valence-corrected chi connectivity index (χ0v) is 20.1.